The molecule has 0 unspecified atom stereocenters. The Morgan fingerprint density at radius 2 is 1.27 bits per heavy atom. The van der Waals surface area contributed by atoms with Crippen LogP contribution in [-0.4, -0.2) is 86.6 Å². The summed E-state index contributed by atoms with van der Waals surface area (Å²) in [6.45, 7) is 3.83. The average molecular weight is 812 g/mol. The van der Waals surface area contributed by atoms with Gasteiger partial charge in [-0.05, 0) is 82.0 Å². The molecular formula is C49H53N3O8. The number of nitrogens with zero attached hydrogens (tertiary/aromatic N) is 1. The molecule has 11 heteroatoms. The number of benzene rings is 5. The highest BCUT2D eigenvalue weighted by Crippen LogP contribution is 2.45. The zero-order valence-corrected chi connectivity index (χ0v) is 34.5. The first-order valence-electron chi connectivity index (χ1n) is 20.5. The van der Waals surface area contributed by atoms with E-state index >= 15 is 0 Å². The third-order valence-corrected chi connectivity index (χ3v) is 11.4. The fourth-order valence-electron chi connectivity index (χ4n) is 8.56. The summed E-state index contributed by atoms with van der Waals surface area (Å²) in [7, 11) is 3.24. The second-order valence-electron chi connectivity index (χ2n) is 15.8. The fourth-order valence-corrected chi connectivity index (χ4v) is 8.56. The minimum absolute atomic E-state index is 0.0486. The maximum absolute atomic E-state index is 14.4. The van der Waals surface area contributed by atoms with Gasteiger partial charge in [-0.2, -0.15) is 0 Å². The normalized spacial score (nSPS) is 16.5. The molecule has 3 N–H and O–H groups in total. The summed E-state index contributed by atoms with van der Waals surface area (Å²) in [6.07, 6.45) is -0.884. The van der Waals surface area contributed by atoms with Crippen molar-refractivity contribution in [1.82, 2.24) is 15.5 Å². The molecular weight excluding hydrogens is 759 g/mol. The van der Waals surface area contributed by atoms with Crippen LogP contribution in [-0.2, 0) is 24.7 Å². The molecule has 3 atom stereocenters. The van der Waals surface area contributed by atoms with Crippen LogP contribution in [0.1, 0.15) is 60.4 Å². The molecule has 1 aliphatic carbocycles. The van der Waals surface area contributed by atoms with Gasteiger partial charge >= 0.3 is 6.09 Å². The zero-order chi connectivity index (χ0) is 42.2. The number of aliphatic hydroxyl groups excluding tert-OH is 1. The fraction of sp³-hybridized carbons (Fsp3) is 0.327. The van der Waals surface area contributed by atoms with Crippen LogP contribution in [0.15, 0.2) is 127 Å². The molecule has 1 fully saturated rings. The van der Waals surface area contributed by atoms with Crippen LogP contribution in [0, 0.1) is 5.92 Å². The maximum atomic E-state index is 14.4. The van der Waals surface area contributed by atoms with E-state index in [-0.39, 0.29) is 50.5 Å². The number of hydrogen-bond donors (Lipinski definition) is 3. The Morgan fingerprint density at radius 3 is 1.82 bits per heavy atom. The van der Waals surface area contributed by atoms with Gasteiger partial charge in [0, 0.05) is 12.5 Å². The summed E-state index contributed by atoms with van der Waals surface area (Å²) in [6, 6.07) is 40.0. The van der Waals surface area contributed by atoms with Crippen LogP contribution >= 0.6 is 0 Å². The van der Waals surface area contributed by atoms with Gasteiger partial charge < -0.3 is 39.6 Å². The van der Waals surface area contributed by atoms with E-state index in [0.29, 0.717) is 17.9 Å². The van der Waals surface area contributed by atoms with E-state index in [4.69, 9.17) is 18.9 Å². The minimum Gasteiger partial charge on any atom is -0.497 e. The van der Waals surface area contributed by atoms with Crippen LogP contribution in [0.25, 0.3) is 11.1 Å². The number of nitrogens with one attached hydrogen (secondary N) is 2. The predicted octanol–water partition coefficient (Wildman–Crippen LogP) is 7.04. The second kappa shape index (κ2) is 18.8. The number of likely N-dealkylation sites (tertiary alicyclic amines) is 1. The van der Waals surface area contributed by atoms with Gasteiger partial charge in [-0.15, -0.1) is 0 Å². The SMILES string of the molecule is COc1ccc(C(OC[C@@H]2C[C@@H](O)CN2C(=O)[C@H](CC(C)C)NC(=O)CNC(=O)OCC2c3ccccc3-c3ccccc32)(c2ccccc2)c2ccc(OC)cc2)cc1. The van der Waals surface area contributed by atoms with E-state index in [2.05, 4.69) is 22.8 Å². The number of fused-ring (bicyclic) bond motifs is 3. The van der Waals surface area contributed by atoms with Gasteiger partial charge in [0.1, 0.15) is 36.3 Å². The maximum Gasteiger partial charge on any atom is 0.407 e. The molecule has 11 nitrogen and oxygen atoms in total. The Balaban J connectivity index is 1.05. The second-order valence-corrected chi connectivity index (χ2v) is 15.8. The molecule has 5 aromatic rings. The lowest BCUT2D eigenvalue weighted by molar-refractivity contribution is -0.139. The smallest absolute Gasteiger partial charge is 0.407 e. The standard InChI is InChI=1S/C49H53N3O8/c1-32(2)26-45(51-46(54)28-50-48(56)59-31-44-42-16-10-8-14-40(42)41-15-9-11-17-43(41)44)47(55)52-29-37(53)27-36(52)30-60-49(33-12-6-5-7-13-33,34-18-22-38(57-3)23-19-34)35-20-24-39(58-4)25-21-35/h5-25,32,36-37,44-45,53H,26-31H2,1-4H3,(H,50,56)(H,51,54)/t36-,37+,45-/m0/s1. The number of amides is 3. The van der Waals surface area contributed by atoms with Gasteiger partial charge in [-0.25, -0.2) is 4.79 Å². The Labute approximate surface area is 351 Å². The minimum atomic E-state index is -1.13. The molecule has 0 spiro atoms. The molecule has 7 rings (SSSR count). The molecule has 60 heavy (non-hydrogen) atoms. The van der Waals surface area contributed by atoms with Crippen LogP contribution in [0.2, 0.25) is 0 Å². The third-order valence-electron chi connectivity index (χ3n) is 11.4. The van der Waals surface area contributed by atoms with Crippen molar-refractivity contribution in [2.24, 2.45) is 5.92 Å². The number of aliphatic hydroxyl groups is 1. The van der Waals surface area contributed by atoms with Crippen molar-refractivity contribution in [3.8, 4) is 22.6 Å². The number of ether oxygens (including phenoxy) is 4. The number of methoxy groups -OCH3 is 2. The number of carbonyl (C=O) groups is 3. The highest BCUT2D eigenvalue weighted by atomic mass is 16.5. The number of β-amino-alcohol motifs (C(OH)–C–C–N with tert-alkyl or cyclic N) is 1. The lowest BCUT2D eigenvalue weighted by atomic mass is 9.80. The predicted molar refractivity (Wildman–Crippen MR) is 229 cm³/mol. The van der Waals surface area contributed by atoms with Gasteiger partial charge in [-0.1, -0.05) is 117 Å². The summed E-state index contributed by atoms with van der Waals surface area (Å²) < 4.78 is 23.7. The molecule has 0 bridgehead atoms. The largest absolute Gasteiger partial charge is 0.497 e. The molecule has 0 aromatic heterocycles. The van der Waals surface area contributed by atoms with E-state index in [1.807, 2.05) is 129 Å². The van der Waals surface area contributed by atoms with E-state index in [1.54, 1.807) is 19.1 Å². The molecule has 1 heterocycles. The summed E-state index contributed by atoms with van der Waals surface area (Å²) >= 11 is 0. The Hall–Kier alpha value is -6.17. The van der Waals surface area contributed by atoms with Gasteiger partial charge in [-0.3, -0.25) is 9.59 Å². The molecule has 3 amide bonds. The molecule has 312 valence electrons. The molecule has 5 aromatic carbocycles. The van der Waals surface area contributed by atoms with Crippen LogP contribution in [0.4, 0.5) is 4.79 Å². The summed E-state index contributed by atoms with van der Waals surface area (Å²) in [5.41, 5.74) is 5.82. The summed E-state index contributed by atoms with van der Waals surface area (Å²) in [5.74, 6) is 0.450. The highest BCUT2D eigenvalue weighted by molar-refractivity contribution is 5.90. The quantitative estimate of drug-likeness (QED) is 0.0904. The van der Waals surface area contributed by atoms with Crippen molar-refractivity contribution in [3.63, 3.8) is 0 Å². The zero-order valence-electron chi connectivity index (χ0n) is 34.5. The topological polar surface area (TPSA) is 136 Å². The molecule has 1 aliphatic heterocycles. The van der Waals surface area contributed by atoms with E-state index in [0.717, 1.165) is 38.9 Å². The molecule has 0 saturated carbocycles. The average Bonchev–Trinajstić information content (AvgIpc) is 3.81. The number of hydrogen-bond acceptors (Lipinski definition) is 8. The Bertz CT molecular complexity index is 2150. The lowest BCUT2D eigenvalue weighted by Crippen LogP contribution is -2.53. The van der Waals surface area contributed by atoms with Gasteiger partial charge in [0.15, 0.2) is 0 Å². The number of carbonyl (C=O) groups excluding carboxylic acids is 3. The molecule has 1 saturated heterocycles. The first-order valence-corrected chi connectivity index (χ1v) is 20.5. The van der Waals surface area contributed by atoms with E-state index in [9.17, 15) is 19.5 Å². The first-order chi connectivity index (χ1) is 29.1. The summed E-state index contributed by atoms with van der Waals surface area (Å²) in [4.78, 5) is 42.3. The Kier molecular flexibility index (Phi) is 13.2. The first kappa shape index (κ1) is 42.0. The monoisotopic (exact) mass is 811 g/mol. The van der Waals surface area contributed by atoms with Gasteiger partial charge in [0.2, 0.25) is 11.8 Å². The van der Waals surface area contributed by atoms with Gasteiger partial charge in [0.05, 0.1) is 33.0 Å². The van der Waals surface area contributed by atoms with Crippen molar-refractivity contribution in [2.45, 2.75) is 56.4 Å². The van der Waals surface area contributed by atoms with Crippen LogP contribution in [0.5, 0.6) is 11.5 Å². The highest BCUT2D eigenvalue weighted by Gasteiger charge is 2.43. The van der Waals surface area contributed by atoms with Crippen molar-refractivity contribution < 1.29 is 38.4 Å². The van der Waals surface area contributed by atoms with Crippen LogP contribution < -0.4 is 20.1 Å². The molecule has 0 radical (unpaired) electrons. The van der Waals surface area contributed by atoms with Crippen molar-refractivity contribution >= 4 is 17.9 Å². The Morgan fingerprint density at radius 1 is 0.733 bits per heavy atom. The summed E-state index contributed by atoms with van der Waals surface area (Å²) in [5, 5.41) is 16.4. The van der Waals surface area contributed by atoms with E-state index in [1.165, 1.54) is 0 Å². The third kappa shape index (κ3) is 9.02. The van der Waals surface area contributed by atoms with Crippen molar-refractivity contribution in [2.75, 3.05) is 40.5 Å². The van der Waals surface area contributed by atoms with Gasteiger partial charge in [0.25, 0.3) is 0 Å². The van der Waals surface area contributed by atoms with E-state index < -0.39 is 35.8 Å². The number of rotatable bonds is 16. The van der Waals surface area contributed by atoms with Crippen molar-refractivity contribution in [1.29, 1.82) is 0 Å². The number of alkyl carbamates (subject to hydrolysis) is 1. The molecule has 2 aliphatic rings. The van der Waals surface area contributed by atoms with Crippen molar-refractivity contribution in [3.05, 3.63) is 155 Å². The van der Waals surface area contributed by atoms with Crippen LogP contribution in [0.3, 0.4) is 0 Å². The lowest BCUT2D eigenvalue weighted by Gasteiger charge is -2.38.